The number of amides is 1. The van der Waals surface area contributed by atoms with E-state index in [9.17, 15) is 4.79 Å². The van der Waals surface area contributed by atoms with Crippen LogP contribution >= 0.6 is 0 Å². The smallest absolute Gasteiger partial charge is 0.237 e. The minimum atomic E-state index is 0.234. The number of carbonyl (C=O) groups excluding carboxylic acids is 1. The van der Waals surface area contributed by atoms with Crippen LogP contribution in [-0.4, -0.2) is 80.2 Å². The van der Waals surface area contributed by atoms with Crippen LogP contribution in [0.5, 0.6) is 5.75 Å². The molecule has 6 nitrogen and oxygen atoms in total. The highest BCUT2D eigenvalue weighted by Gasteiger charge is 2.24. The molecule has 2 fully saturated rings. The SMILES string of the molecule is COC[C@H]1CCCN(Cc2ccc3c(c2)CN(C(=O)CN2CCCCC2)CCO3)C1. The number of methoxy groups -OCH3 is 1. The Labute approximate surface area is 181 Å². The molecule has 0 spiro atoms. The molecular formula is C24H37N3O3. The molecule has 1 aromatic rings. The van der Waals surface area contributed by atoms with E-state index in [0.29, 0.717) is 32.2 Å². The number of hydrogen-bond acceptors (Lipinski definition) is 5. The second kappa shape index (κ2) is 10.6. The Hall–Kier alpha value is -1.63. The van der Waals surface area contributed by atoms with Crippen molar-refractivity contribution >= 4 is 5.91 Å². The van der Waals surface area contributed by atoms with Crippen molar-refractivity contribution in [3.05, 3.63) is 29.3 Å². The molecule has 0 radical (unpaired) electrons. The number of benzene rings is 1. The van der Waals surface area contributed by atoms with E-state index >= 15 is 0 Å². The maximum atomic E-state index is 12.9. The molecule has 6 heteroatoms. The van der Waals surface area contributed by atoms with Gasteiger partial charge in [0.05, 0.1) is 19.7 Å². The highest BCUT2D eigenvalue weighted by atomic mass is 16.5. The van der Waals surface area contributed by atoms with Gasteiger partial charge in [-0.25, -0.2) is 0 Å². The van der Waals surface area contributed by atoms with E-state index < -0.39 is 0 Å². The Balaban J connectivity index is 1.38. The Morgan fingerprint density at radius 1 is 1.10 bits per heavy atom. The van der Waals surface area contributed by atoms with Crippen molar-refractivity contribution in [2.45, 2.75) is 45.2 Å². The molecule has 1 aromatic carbocycles. The minimum Gasteiger partial charge on any atom is -0.491 e. The predicted molar refractivity (Wildman–Crippen MR) is 118 cm³/mol. The average molecular weight is 416 g/mol. The molecule has 4 rings (SSSR count). The first-order valence-electron chi connectivity index (χ1n) is 11.7. The lowest BCUT2D eigenvalue weighted by atomic mass is 9.98. The molecule has 0 bridgehead atoms. The van der Waals surface area contributed by atoms with Crippen molar-refractivity contribution in [3.8, 4) is 5.75 Å². The fourth-order valence-electron chi connectivity index (χ4n) is 5.09. The molecular weight excluding hydrogens is 378 g/mol. The third-order valence-electron chi connectivity index (χ3n) is 6.68. The topological polar surface area (TPSA) is 45.2 Å². The van der Waals surface area contributed by atoms with E-state index in [1.165, 1.54) is 37.7 Å². The van der Waals surface area contributed by atoms with Crippen molar-refractivity contribution in [1.29, 1.82) is 0 Å². The van der Waals surface area contributed by atoms with Crippen molar-refractivity contribution < 1.29 is 14.3 Å². The molecule has 3 aliphatic heterocycles. The van der Waals surface area contributed by atoms with E-state index in [4.69, 9.17) is 9.47 Å². The van der Waals surface area contributed by atoms with Gasteiger partial charge in [-0.05, 0) is 68.9 Å². The van der Waals surface area contributed by atoms with Gasteiger partial charge in [-0.1, -0.05) is 12.5 Å². The monoisotopic (exact) mass is 415 g/mol. The van der Waals surface area contributed by atoms with Gasteiger partial charge in [0.15, 0.2) is 0 Å². The summed E-state index contributed by atoms with van der Waals surface area (Å²) in [4.78, 5) is 19.8. The fraction of sp³-hybridized carbons (Fsp3) is 0.708. The molecule has 30 heavy (non-hydrogen) atoms. The van der Waals surface area contributed by atoms with Crippen molar-refractivity contribution in [2.75, 3.05) is 59.6 Å². The first-order chi connectivity index (χ1) is 14.7. The zero-order chi connectivity index (χ0) is 20.8. The number of ether oxygens (including phenoxy) is 2. The summed E-state index contributed by atoms with van der Waals surface area (Å²) in [7, 11) is 1.80. The van der Waals surface area contributed by atoms with Gasteiger partial charge in [0.1, 0.15) is 12.4 Å². The van der Waals surface area contributed by atoms with Crippen LogP contribution in [0, 0.1) is 5.92 Å². The average Bonchev–Trinajstić information content (AvgIpc) is 2.97. The second-order valence-corrected chi connectivity index (χ2v) is 9.14. The largest absolute Gasteiger partial charge is 0.491 e. The van der Waals surface area contributed by atoms with E-state index in [0.717, 1.165) is 50.6 Å². The lowest BCUT2D eigenvalue weighted by Gasteiger charge is -2.32. The van der Waals surface area contributed by atoms with E-state index in [-0.39, 0.29) is 5.91 Å². The fourth-order valence-corrected chi connectivity index (χ4v) is 5.09. The highest BCUT2D eigenvalue weighted by molar-refractivity contribution is 5.78. The molecule has 0 N–H and O–H groups in total. The quantitative estimate of drug-likeness (QED) is 0.715. The number of hydrogen-bond donors (Lipinski definition) is 0. The van der Waals surface area contributed by atoms with Crippen LogP contribution in [0.2, 0.25) is 0 Å². The van der Waals surface area contributed by atoms with Gasteiger partial charge in [0.25, 0.3) is 0 Å². The maximum Gasteiger partial charge on any atom is 0.237 e. The Kier molecular flexibility index (Phi) is 7.63. The predicted octanol–water partition coefficient (Wildman–Crippen LogP) is 2.75. The summed E-state index contributed by atoms with van der Waals surface area (Å²) in [5.74, 6) is 1.80. The molecule has 3 aliphatic rings. The number of likely N-dealkylation sites (tertiary alicyclic amines) is 2. The molecule has 0 unspecified atom stereocenters. The second-order valence-electron chi connectivity index (χ2n) is 9.14. The van der Waals surface area contributed by atoms with Gasteiger partial charge in [-0.3, -0.25) is 14.6 Å². The zero-order valence-corrected chi connectivity index (χ0v) is 18.5. The lowest BCUT2D eigenvalue weighted by Crippen LogP contribution is -2.42. The molecule has 0 saturated carbocycles. The Morgan fingerprint density at radius 2 is 1.93 bits per heavy atom. The summed E-state index contributed by atoms with van der Waals surface area (Å²) in [6.07, 6.45) is 6.22. The molecule has 0 aliphatic carbocycles. The molecule has 3 heterocycles. The number of nitrogens with zero attached hydrogens (tertiary/aromatic N) is 3. The first-order valence-corrected chi connectivity index (χ1v) is 11.7. The van der Waals surface area contributed by atoms with Crippen LogP contribution in [0.4, 0.5) is 0 Å². The standard InChI is InChI=1S/C24H37N3O3/c1-29-19-21-6-5-11-26(16-21)15-20-7-8-23-22(14-20)17-27(12-13-30-23)24(28)18-25-9-3-2-4-10-25/h7-8,14,21H,2-6,9-13,15-19H2,1H3/t21-/m0/s1. The summed E-state index contributed by atoms with van der Waals surface area (Å²) in [6, 6.07) is 6.53. The number of rotatable bonds is 6. The van der Waals surface area contributed by atoms with Crippen LogP contribution < -0.4 is 4.74 Å². The van der Waals surface area contributed by atoms with Crippen molar-refractivity contribution in [3.63, 3.8) is 0 Å². The molecule has 1 atom stereocenters. The number of fused-ring (bicyclic) bond motifs is 1. The normalized spacial score (nSPS) is 23.5. The summed E-state index contributed by atoms with van der Waals surface area (Å²) in [6.45, 7) is 8.59. The van der Waals surface area contributed by atoms with E-state index in [2.05, 4.69) is 28.0 Å². The molecule has 0 aromatic heterocycles. The van der Waals surface area contributed by atoms with Gasteiger partial charge in [0.2, 0.25) is 5.91 Å². The summed E-state index contributed by atoms with van der Waals surface area (Å²) in [5, 5.41) is 0. The van der Waals surface area contributed by atoms with Crippen LogP contribution in [0.3, 0.4) is 0 Å². The lowest BCUT2D eigenvalue weighted by molar-refractivity contribution is -0.133. The maximum absolute atomic E-state index is 12.9. The molecule has 2 saturated heterocycles. The molecule has 166 valence electrons. The van der Waals surface area contributed by atoms with Crippen molar-refractivity contribution in [1.82, 2.24) is 14.7 Å². The number of piperidine rings is 2. The van der Waals surface area contributed by atoms with E-state index in [1.54, 1.807) is 7.11 Å². The Morgan fingerprint density at radius 3 is 2.77 bits per heavy atom. The highest BCUT2D eigenvalue weighted by Crippen LogP contribution is 2.26. The third kappa shape index (κ3) is 5.74. The third-order valence-corrected chi connectivity index (χ3v) is 6.68. The summed E-state index contributed by atoms with van der Waals surface area (Å²) in [5.41, 5.74) is 2.45. The van der Waals surface area contributed by atoms with Gasteiger partial charge < -0.3 is 14.4 Å². The molecule has 1 amide bonds. The van der Waals surface area contributed by atoms with Crippen LogP contribution in [0.15, 0.2) is 18.2 Å². The van der Waals surface area contributed by atoms with Crippen LogP contribution in [-0.2, 0) is 22.6 Å². The first kappa shape index (κ1) is 21.6. The minimum absolute atomic E-state index is 0.234. The van der Waals surface area contributed by atoms with Crippen LogP contribution in [0.1, 0.15) is 43.2 Å². The van der Waals surface area contributed by atoms with Crippen LogP contribution in [0.25, 0.3) is 0 Å². The van der Waals surface area contributed by atoms with Gasteiger partial charge in [-0.2, -0.15) is 0 Å². The Bertz CT molecular complexity index is 703. The van der Waals surface area contributed by atoms with Gasteiger partial charge in [0, 0.05) is 32.3 Å². The van der Waals surface area contributed by atoms with Gasteiger partial charge >= 0.3 is 0 Å². The van der Waals surface area contributed by atoms with E-state index in [1.807, 2.05) is 4.90 Å². The summed E-state index contributed by atoms with van der Waals surface area (Å²) < 4.78 is 11.3. The number of carbonyl (C=O) groups is 1. The van der Waals surface area contributed by atoms with Gasteiger partial charge in [-0.15, -0.1) is 0 Å². The summed E-state index contributed by atoms with van der Waals surface area (Å²) >= 11 is 0. The van der Waals surface area contributed by atoms with Crippen molar-refractivity contribution in [2.24, 2.45) is 5.92 Å². The zero-order valence-electron chi connectivity index (χ0n) is 18.5.